The molecule has 0 amide bonds. The molecule has 0 spiro atoms. The summed E-state index contributed by atoms with van der Waals surface area (Å²) in [5.74, 6) is -0.762. The Morgan fingerprint density at radius 2 is 1.94 bits per heavy atom. The maximum absolute atomic E-state index is 10.9. The van der Waals surface area contributed by atoms with Crippen LogP contribution in [0.25, 0.3) is 0 Å². The maximum atomic E-state index is 10.9. The number of ether oxygens (including phenoxy) is 1. The van der Waals surface area contributed by atoms with Crippen LogP contribution in [0.1, 0.15) is 46.0 Å². The van der Waals surface area contributed by atoms with Crippen LogP contribution < -0.4 is 5.32 Å². The first-order valence-corrected chi connectivity index (χ1v) is 6.26. The highest BCUT2D eigenvalue weighted by Crippen LogP contribution is 2.00. The zero-order chi connectivity index (χ0) is 12.2. The lowest BCUT2D eigenvalue weighted by atomic mass is 10.1. The van der Waals surface area contributed by atoms with Gasteiger partial charge >= 0.3 is 5.97 Å². The topological polar surface area (TPSA) is 58.6 Å². The predicted molar refractivity (Wildman–Crippen MR) is 64.7 cm³/mol. The molecule has 1 unspecified atom stereocenters. The average Bonchev–Trinajstić information content (AvgIpc) is 2.26. The van der Waals surface area contributed by atoms with Crippen LogP contribution in [0.15, 0.2) is 0 Å². The van der Waals surface area contributed by atoms with Gasteiger partial charge in [-0.15, -0.1) is 0 Å². The quantitative estimate of drug-likeness (QED) is 0.534. The molecule has 0 bridgehead atoms. The SMILES string of the molecule is CCCCOCCNC(CCCC)C(=O)O. The van der Waals surface area contributed by atoms with E-state index >= 15 is 0 Å². The third-order valence-electron chi connectivity index (χ3n) is 2.42. The van der Waals surface area contributed by atoms with Gasteiger partial charge in [-0.1, -0.05) is 33.1 Å². The number of aliphatic carboxylic acids is 1. The van der Waals surface area contributed by atoms with Gasteiger partial charge in [-0.3, -0.25) is 4.79 Å². The molecule has 0 aromatic carbocycles. The van der Waals surface area contributed by atoms with Crippen molar-refractivity contribution >= 4 is 5.97 Å². The molecule has 0 heterocycles. The second kappa shape index (κ2) is 10.9. The molecular weight excluding hydrogens is 206 g/mol. The van der Waals surface area contributed by atoms with Gasteiger partial charge < -0.3 is 15.2 Å². The number of carbonyl (C=O) groups is 1. The lowest BCUT2D eigenvalue weighted by Gasteiger charge is -2.13. The largest absolute Gasteiger partial charge is 0.480 e. The Bertz CT molecular complexity index is 174. The minimum absolute atomic E-state index is 0.422. The fourth-order valence-corrected chi connectivity index (χ4v) is 1.37. The molecule has 0 rings (SSSR count). The molecular formula is C12H25NO3. The van der Waals surface area contributed by atoms with Crippen molar-refractivity contribution in [2.75, 3.05) is 19.8 Å². The van der Waals surface area contributed by atoms with E-state index in [-0.39, 0.29) is 0 Å². The van der Waals surface area contributed by atoms with Crippen LogP contribution in [0, 0.1) is 0 Å². The minimum atomic E-state index is -0.762. The van der Waals surface area contributed by atoms with E-state index in [1.165, 1.54) is 0 Å². The summed E-state index contributed by atoms with van der Waals surface area (Å²) in [6.07, 6.45) is 4.86. The smallest absolute Gasteiger partial charge is 0.320 e. The zero-order valence-corrected chi connectivity index (χ0v) is 10.5. The van der Waals surface area contributed by atoms with Crippen molar-refractivity contribution in [3.8, 4) is 0 Å². The van der Waals surface area contributed by atoms with E-state index < -0.39 is 12.0 Å². The average molecular weight is 231 g/mol. The Balaban J connectivity index is 3.48. The Morgan fingerprint density at radius 1 is 1.25 bits per heavy atom. The third-order valence-corrected chi connectivity index (χ3v) is 2.42. The zero-order valence-electron chi connectivity index (χ0n) is 10.5. The fourth-order valence-electron chi connectivity index (χ4n) is 1.37. The summed E-state index contributed by atoms with van der Waals surface area (Å²) in [4.78, 5) is 10.9. The third kappa shape index (κ3) is 8.68. The number of carboxylic acid groups (broad SMARTS) is 1. The number of carboxylic acids is 1. The number of unbranched alkanes of at least 4 members (excludes halogenated alkanes) is 2. The molecule has 4 nitrogen and oxygen atoms in total. The molecule has 4 heteroatoms. The van der Waals surface area contributed by atoms with Crippen molar-refractivity contribution < 1.29 is 14.6 Å². The normalized spacial score (nSPS) is 12.6. The number of hydrogen-bond acceptors (Lipinski definition) is 3. The van der Waals surface area contributed by atoms with Crippen LogP contribution in [0.4, 0.5) is 0 Å². The van der Waals surface area contributed by atoms with Gasteiger partial charge in [0.15, 0.2) is 0 Å². The van der Waals surface area contributed by atoms with E-state index in [9.17, 15) is 4.79 Å². The summed E-state index contributed by atoms with van der Waals surface area (Å²) in [6.45, 7) is 6.16. The maximum Gasteiger partial charge on any atom is 0.320 e. The molecule has 16 heavy (non-hydrogen) atoms. The monoisotopic (exact) mass is 231 g/mol. The Kier molecular flexibility index (Phi) is 10.5. The predicted octanol–water partition coefficient (Wildman–Crippen LogP) is 2.04. The van der Waals surface area contributed by atoms with Crippen molar-refractivity contribution in [3.63, 3.8) is 0 Å². The summed E-state index contributed by atoms with van der Waals surface area (Å²) < 4.78 is 5.35. The Hall–Kier alpha value is -0.610. The van der Waals surface area contributed by atoms with Crippen LogP contribution in [0.5, 0.6) is 0 Å². The first-order valence-electron chi connectivity index (χ1n) is 6.26. The highest BCUT2D eigenvalue weighted by Gasteiger charge is 2.14. The first-order chi connectivity index (χ1) is 7.72. The number of hydrogen-bond donors (Lipinski definition) is 2. The molecule has 2 N–H and O–H groups in total. The van der Waals surface area contributed by atoms with Gasteiger partial charge in [-0.25, -0.2) is 0 Å². The molecule has 0 aliphatic carbocycles. The minimum Gasteiger partial charge on any atom is -0.480 e. The van der Waals surface area contributed by atoms with Crippen LogP contribution in [0.2, 0.25) is 0 Å². The second-order valence-corrected chi connectivity index (χ2v) is 3.95. The molecule has 0 saturated heterocycles. The summed E-state index contributed by atoms with van der Waals surface area (Å²) >= 11 is 0. The first kappa shape index (κ1) is 15.4. The number of nitrogens with one attached hydrogen (secondary N) is 1. The van der Waals surface area contributed by atoms with Crippen LogP contribution in [-0.2, 0) is 9.53 Å². The molecule has 0 aliphatic rings. The Labute approximate surface area is 98.4 Å². The molecule has 0 aromatic rings. The molecule has 0 aliphatic heterocycles. The van der Waals surface area contributed by atoms with E-state index in [4.69, 9.17) is 9.84 Å². The summed E-state index contributed by atoms with van der Waals surface area (Å²) in [7, 11) is 0. The molecule has 0 saturated carbocycles. The van der Waals surface area contributed by atoms with E-state index in [0.717, 1.165) is 32.3 Å². The number of rotatable bonds is 11. The van der Waals surface area contributed by atoms with Gasteiger partial charge in [-0.2, -0.15) is 0 Å². The molecule has 1 atom stereocenters. The van der Waals surface area contributed by atoms with Gasteiger partial charge in [0.05, 0.1) is 6.61 Å². The van der Waals surface area contributed by atoms with E-state index in [2.05, 4.69) is 19.2 Å². The van der Waals surface area contributed by atoms with Gasteiger partial charge in [-0.05, 0) is 12.8 Å². The van der Waals surface area contributed by atoms with Crippen molar-refractivity contribution in [3.05, 3.63) is 0 Å². The van der Waals surface area contributed by atoms with Crippen LogP contribution in [0.3, 0.4) is 0 Å². The molecule has 96 valence electrons. The Morgan fingerprint density at radius 3 is 2.50 bits per heavy atom. The van der Waals surface area contributed by atoms with E-state index in [1.807, 2.05) is 0 Å². The van der Waals surface area contributed by atoms with Crippen molar-refractivity contribution in [1.82, 2.24) is 5.32 Å². The van der Waals surface area contributed by atoms with Crippen LogP contribution >= 0.6 is 0 Å². The lowest BCUT2D eigenvalue weighted by Crippen LogP contribution is -2.38. The summed E-state index contributed by atoms with van der Waals surface area (Å²) in [6, 6.07) is -0.422. The van der Waals surface area contributed by atoms with Gasteiger partial charge in [0.2, 0.25) is 0 Å². The van der Waals surface area contributed by atoms with E-state index in [0.29, 0.717) is 19.6 Å². The van der Waals surface area contributed by atoms with Crippen molar-refractivity contribution in [1.29, 1.82) is 0 Å². The molecule has 0 aromatic heterocycles. The lowest BCUT2D eigenvalue weighted by molar-refractivity contribution is -0.139. The standard InChI is InChI=1S/C12H25NO3/c1-3-5-7-11(12(14)15)13-8-10-16-9-6-4-2/h11,13H,3-10H2,1-2H3,(H,14,15). The molecule has 0 radical (unpaired) electrons. The highest BCUT2D eigenvalue weighted by atomic mass is 16.5. The van der Waals surface area contributed by atoms with Gasteiger partial charge in [0.1, 0.15) is 6.04 Å². The second-order valence-electron chi connectivity index (χ2n) is 3.95. The van der Waals surface area contributed by atoms with Gasteiger partial charge in [0, 0.05) is 13.2 Å². The summed E-state index contributed by atoms with van der Waals surface area (Å²) in [5, 5.41) is 11.9. The van der Waals surface area contributed by atoms with E-state index in [1.54, 1.807) is 0 Å². The molecule has 0 fully saturated rings. The summed E-state index contributed by atoms with van der Waals surface area (Å²) in [5.41, 5.74) is 0. The van der Waals surface area contributed by atoms with Crippen molar-refractivity contribution in [2.45, 2.75) is 52.0 Å². The van der Waals surface area contributed by atoms with Gasteiger partial charge in [0.25, 0.3) is 0 Å². The highest BCUT2D eigenvalue weighted by molar-refractivity contribution is 5.73. The fraction of sp³-hybridized carbons (Fsp3) is 0.917. The van der Waals surface area contributed by atoms with Crippen LogP contribution in [-0.4, -0.2) is 36.9 Å². The van der Waals surface area contributed by atoms with Crippen molar-refractivity contribution in [2.24, 2.45) is 0 Å².